The summed E-state index contributed by atoms with van der Waals surface area (Å²) in [5.74, 6) is 1.40. The van der Waals surface area contributed by atoms with Crippen molar-refractivity contribution < 1.29 is 14.3 Å². The molecule has 2 N–H and O–H groups in total. The highest BCUT2D eigenvalue weighted by Gasteiger charge is 2.25. The van der Waals surface area contributed by atoms with Crippen LogP contribution in [0.1, 0.15) is 26.2 Å². The zero-order valence-electron chi connectivity index (χ0n) is 16.3. The number of halogens is 1. The van der Waals surface area contributed by atoms with Gasteiger partial charge in [-0.3, -0.25) is 9.79 Å². The molecular weight excluding hydrogens is 368 g/mol. The zero-order valence-corrected chi connectivity index (χ0v) is 17.0. The van der Waals surface area contributed by atoms with E-state index in [0.29, 0.717) is 31.0 Å². The van der Waals surface area contributed by atoms with E-state index >= 15 is 0 Å². The average molecular weight is 397 g/mol. The SMILES string of the molecule is CCOC(=O)CCCNC(=NC)NC1CCN(c2cc(Cl)ccc2OC)C1. The number of esters is 1. The smallest absolute Gasteiger partial charge is 0.305 e. The van der Waals surface area contributed by atoms with Gasteiger partial charge in [-0.2, -0.15) is 0 Å². The molecule has 1 saturated heterocycles. The highest BCUT2D eigenvalue weighted by atomic mass is 35.5. The summed E-state index contributed by atoms with van der Waals surface area (Å²) < 4.78 is 10.4. The van der Waals surface area contributed by atoms with E-state index in [1.54, 1.807) is 14.2 Å². The van der Waals surface area contributed by atoms with E-state index in [2.05, 4.69) is 20.5 Å². The van der Waals surface area contributed by atoms with Crippen LogP contribution in [0.3, 0.4) is 0 Å². The van der Waals surface area contributed by atoms with Gasteiger partial charge in [-0.05, 0) is 38.0 Å². The van der Waals surface area contributed by atoms with Gasteiger partial charge in [0.25, 0.3) is 0 Å². The Bertz CT molecular complexity index is 654. The van der Waals surface area contributed by atoms with Gasteiger partial charge in [0.15, 0.2) is 5.96 Å². The second-order valence-corrected chi connectivity index (χ2v) is 6.74. The van der Waals surface area contributed by atoms with Crippen LogP contribution in [0, 0.1) is 0 Å². The van der Waals surface area contributed by atoms with Gasteiger partial charge in [-0.25, -0.2) is 0 Å². The van der Waals surface area contributed by atoms with E-state index < -0.39 is 0 Å². The molecule has 0 spiro atoms. The monoisotopic (exact) mass is 396 g/mol. The molecule has 1 atom stereocenters. The molecule has 0 radical (unpaired) electrons. The fraction of sp³-hybridized carbons (Fsp3) is 0.579. The van der Waals surface area contributed by atoms with Crippen LogP contribution in [0.2, 0.25) is 5.02 Å². The maximum atomic E-state index is 11.4. The Morgan fingerprint density at radius 2 is 2.26 bits per heavy atom. The van der Waals surface area contributed by atoms with E-state index in [9.17, 15) is 4.79 Å². The molecule has 2 rings (SSSR count). The fourth-order valence-electron chi connectivity index (χ4n) is 3.07. The topological polar surface area (TPSA) is 75.2 Å². The van der Waals surface area contributed by atoms with Crippen molar-refractivity contribution in [3.63, 3.8) is 0 Å². The van der Waals surface area contributed by atoms with Crippen molar-refractivity contribution >= 4 is 29.2 Å². The second-order valence-electron chi connectivity index (χ2n) is 6.30. The molecule has 8 heteroatoms. The first kappa shape index (κ1) is 21.2. The number of aliphatic imine (C=N–C) groups is 1. The van der Waals surface area contributed by atoms with Crippen molar-refractivity contribution in [2.45, 2.75) is 32.2 Å². The van der Waals surface area contributed by atoms with Gasteiger partial charge < -0.3 is 25.0 Å². The lowest BCUT2D eigenvalue weighted by Crippen LogP contribution is -2.44. The highest BCUT2D eigenvalue weighted by molar-refractivity contribution is 6.30. The van der Waals surface area contributed by atoms with E-state index in [1.165, 1.54) is 0 Å². The molecule has 1 fully saturated rings. The summed E-state index contributed by atoms with van der Waals surface area (Å²) in [5, 5.41) is 7.38. The first-order chi connectivity index (χ1) is 13.1. The molecule has 1 aromatic rings. The molecule has 1 heterocycles. The highest BCUT2D eigenvalue weighted by Crippen LogP contribution is 2.33. The molecule has 0 aromatic heterocycles. The number of methoxy groups -OCH3 is 1. The lowest BCUT2D eigenvalue weighted by Gasteiger charge is -2.22. The number of nitrogens with one attached hydrogen (secondary N) is 2. The lowest BCUT2D eigenvalue weighted by molar-refractivity contribution is -0.143. The van der Waals surface area contributed by atoms with E-state index in [0.717, 1.165) is 36.9 Å². The third-order valence-electron chi connectivity index (χ3n) is 4.39. The summed E-state index contributed by atoms with van der Waals surface area (Å²) in [4.78, 5) is 17.9. The number of ether oxygens (including phenoxy) is 2. The molecule has 0 saturated carbocycles. The Kier molecular flexibility index (Phi) is 8.51. The predicted octanol–water partition coefficient (Wildman–Crippen LogP) is 2.44. The minimum Gasteiger partial charge on any atom is -0.495 e. The van der Waals surface area contributed by atoms with Gasteiger partial charge in [-0.15, -0.1) is 0 Å². The number of hydrogen-bond acceptors (Lipinski definition) is 5. The van der Waals surface area contributed by atoms with Crippen LogP contribution in [-0.2, 0) is 9.53 Å². The minimum atomic E-state index is -0.163. The number of anilines is 1. The Hall–Kier alpha value is -2.15. The van der Waals surface area contributed by atoms with Gasteiger partial charge in [0.2, 0.25) is 0 Å². The molecule has 0 bridgehead atoms. The Morgan fingerprint density at radius 3 is 2.96 bits per heavy atom. The van der Waals surface area contributed by atoms with E-state index in [-0.39, 0.29) is 12.0 Å². The molecule has 1 aromatic carbocycles. The minimum absolute atomic E-state index is 0.163. The number of nitrogens with zero attached hydrogens (tertiary/aromatic N) is 2. The Morgan fingerprint density at radius 1 is 1.44 bits per heavy atom. The molecule has 1 unspecified atom stereocenters. The summed E-state index contributed by atoms with van der Waals surface area (Å²) >= 11 is 6.15. The van der Waals surface area contributed by atoms with Gasteiger partial charge >= 0.3 is 5.97 Å². The van der Waals surface area contributed by atoms with Crippen molar-refractivity contribution in [3.05, 3.63) is 23.2 Å². The zero-order chi connectivity index (χ0) is 19.6. The van der Waals surface area contributed by atoms with Gasteiger partial charge in [0, 0.05) is 44.2 Å². The first-order valence-electron chi connectivity index (χ1n) is 9.28. The van der Waals surface area contributed by atoms with Crippen LogP contribution in [-0.4, -0.2) is 58.4 Å². The molecule has 0 aliphatic carbocycles. The van der Waals surface area contributed by atoms with Crippen LogP contribution in [0.25, 0.3) is 0 Å². The van der Waals surface area contributed by atoms with Gasteiger partial charge in [0.1, 0.15) is 5.75 Å². The van der Waals surface area contributed by atoms with Crippen LogP contribution in [0.15, 0.2) is 23.2 Å². The van der Waals surface area contributed by atoms with Crippen LogP contribution in [0.5, 0.6) is 5.75 Å². The van der Waals surface area contributed by atoms with Crippen LogP contribution < -0.4 is 20.3 Å². The van der Waals surface area contributed by atoms with Crippen molar-refractivity contribution in [1.29, 1.82) is 0 Å². The standard InChI is InChI=1S/C19H29ClN4O3/c1-4-27-18(25)6-5-10-22-19(21-2)23-15-9-11-24(13-15)16-12-14(20)7-8-17(16)26-3/h7-8,12,15H,4-6,9-11,13H2,1-3H3,(H2,21,22,23). The lowest BCUT2D eigenvalue weighted by atomic mass is 10.2. The van der Waals surface area contributed by atoms with Crippen LogP contribution in [0.4, 0.5) is 5.69 Å². The number of guanidine groups is 1. The maximum absolute atomic E-state index is 11.4. The van der Waals surface area contributed by atoms with E-state index in [4.69, 9.17) is 21.1 Å². The van der Waals surface area contributed by atoms with Gasteiger partial charge in [-0.1, -0.05) is 11.6 Å². The molecule has 1 aliphatic heterocycles. The normalized spacial score (nSPS) is 17.0. The van der Waals surface area contributed by atoms with Crippen molar-refractivity contribution in [2.24, 2.45) is 4.99 Å². The summed E-state index contributed by atoms with van der Waals surface area (Å²) in [6.07, 6.45) is 2.10. The number of hydrogen-bond donors (Lipinski definition) is 2. The summed E-state index contributed by atoms with van der Waals surface area (Å²) in [6, 6.07) is 5.93. The maximum Gasteiger partial charge on any atom is 0.305 e. The number of benzene rings is 1. The second kappa shape index (κ2) is 10.9. The number of carbonyl (C=O) groups excluding carboxylic acids is 1. The average Bonchev–Trinajstić information content (AvgIpc) is 3.12. The van der Waals surface area contributed by atoms with E-state index in [1.807, 2.05) is 25.1 Å². The Labute approximate surface area is 166 Å². The van der Waals surface area contributed by atoms with Crippen molar-refractivity contribution in [3.8, 4) is 5.75 Å². The molecule has 1 aliphatic rings. The molecule has 7 nitrogen and oxygen atoms in total. The van der Waals surface area contributed by atoms with Crippen molar-refractivity contribution in [2.75, 3.05) is 45.3 Å². The third kappa shape index (κ3) is 6.50. The first-order valence-corrected chi connectivity index (χ1v) is 9.66. The molecular formula is C19H29ClN4O3. The molecule has 150 valence electrons. The fourth-order valence-corrected chi connectivity index (χ4v) is 3.23. The predicted molar refractivity (Wildman–Crippen MR) is 109 cm³/mol. The largest absolute Gasteiger partial charge is 0.495 e. The van der Waals surface area contributed by atoms with Crippen LogP contribution >= 0.6 is 11.6 Å². The summed E-state index contributed by atoms with van der Waals surface area (Å²) in [5.41, 5.74) is 1.01. The number of carbonyl (C=O) groups is 1. The quantitative estimate of drug-likeness (QED) is 0.304. The summed E-state index contributed by atoms with van der Waals surface area (Å²) in [6.45, 7) is 4.64. The van der Waals surface area contributed by atoms with Crippen molar-refractivity contribution in [1.82, 2.24) is 10.6 Å². The summed E-state index contributed by atoms with van der Waals surface area (Å²) in [7, 11) is 3.41. The molecule has 27 heavy (non-hydrogen) atoms. The third-order valence-corrected chi connectivity index (χ3v) is 4.62. The molecule has 0 amide bonds. The Balaban J connectivity index is 1.81. The number of rotatable bonds is 8. The van der Waals surface area contributed by atoms with Gasteiger partial charge in [0.05, 0.1) is 19.4 Å².